The summed E-state index contributed by atoms with van der Waals surface area (Å²) < 4.78 is 0. The maximum Gasteiger partial charge on any atom is 0.243 e. The summed E-state index contributed by atoms with van der Waals surface area (Å²) in [6, 6.07) is 12.8. The second-order valence-corrected chi connectivity index (χ2v) is 5.88. The summed E-state index contributed by atoms with van der Waals surface area (Å²) in [6.07, 6.45) is 1.00. The van der Waals surface area contributed by atoms with E-state index in [2.05, 4.69) is 15.6 Å². The van der Waals surface area contributed by atoms with Crippen molar-refractivity contribution in [1.29, 1.82) is 0 Å². The Hall–Kier alpha value is -3.13. The van der Waals surface area contributed by atoms with Crippen LogP contribution in [0.4, 0.5) is 5.69 Å². The van der Waals surface area contributed by atoms with Crippen molar-refractivity contribution in [3.63, 3.8) is 0 Å². The van der Waals surface area contributed by atoms with Gasteiger partial charge in [-0.05, 0) is 35.7 Å². The van der Waals surface area contributed by atoms with Crippen molar-refractivity contribution >= 4 is 34.2 Å². The van der Waals surface area contributed by atoms with E-state index in [1.54, 1.807) is 0 Å². The lowest BCUT2D eigenvalue weighted by Crippen LogP contribution is -2.43. The van der Waals surface area contributed by atoms with Crippen LogP contribution in [0.15, 0.2) is 47.5 Å². The lowest BCUT2D eigenvalue weighted by Gasteiger charge is -2.12. The molecule has 26 heavy (non-hydrogen) atoms. The molecule has 0 radical (unpaired) electrons. The summed E-state index contributed by atoms with van der Waals surface area (Å²) in [7, 11) is 0. The fraction of sp³-hybridized carbons (Fsp3) is 0.278. The molecule has 138 valence electrons. The Kier molecular flexibility index (Phi) is 6.92. The van der Waals surface area contributed by atoms with Crippen LogP contribution in [0.1, 0.15) is 12.8 Å². The van der Waals surface area contributed by atoms with Gasteiger partial charge in [-0.3, -0.25) is 14.6 Å². The van der Waals surface area contributed by atoms with Gasteiger partial charge in [0.1, 0.15) is 0 Å². The van der Waals surface area contributed by atoms with Crippen molar-refractivity contribution in [2.45, 2.75) is 18.9 Å². The van der Waals surface area contributed by atoms with Gasteiger partial charge in [0.15, 0.2) is 5.96 Å². The third-order valence-electron chi connectivity index (χ3n) is 3.76. The molecule has 0 saturated heterocycles. The van der Waals surface area contributed by atoms with E-state index < -0.39 is 6.04 Å². The number of anilines is 1. The lowest BCUT2D eigenvalue weighted by molar-refractivity contribution is -0.125. The molecule has 8 heteroatoms. The van der Waals surface area contributed by atoms with E-state index in [0.717, 1.165) is 10.8 Å². The fourth-order valence-electron chi connectivity index (χ4n) is 2.42. The highest BCUT2D eigenvalue weighted by molar-refractivity contribution is 5.97. The lowest BCUT2D eigenvalue weighted by atomic mass is 10.1. The minimum Gasteiger partial charge on any atom is -0.370 e. The maximum absolute atomic E-state index is 12.0. The first kappa shape index (κ1) is 19.2. The molecule has 0 bridgehead atoms. The number of amides is 2. The molecule has 8 nitrogen and oxygen atoms in total. The molecule has 8 N–H and O–H groups in total. The molecule has 0 aliphatic heterocycles. The van der Waals surface area contributed by atoms with Gasteiger partial charge in [0, 0.05) is 12.2 Å². The standard InChI is InChI=1S/C18H24N6O2/c19-15(6-3-9-22-18(20)21)17(26)23-11-16(25)24-14-8-7-12-4-1-2-5-13(12)10-14/h1-2,4-5,7-8,10,15H,3,6,9,11,19H2,(H,23,26)(H,24,25)(H4,20,21,22)/t15-/m0/s1. The number of benzene rings is 2. The predicted molar refractivity (Wildman–Crippen MR) is 103 cm³/mol. The summed E-state index contributed by atoms with van der Waals surface area (Å²) in [5.74, 6) is -0.696. The topological polar surface area (TPSA) is 149 Å². The highest BCUT2D eigenvalue weighted by Crippen LogP contribution is 2.18. The SMILES string of the molecule is NC(N)=NCCC[C@H](N)C(=O)NCC(=O)Nc1ccc2ccccc2c1. The van der Waals surface area contributed by atoms with E-state index in [4.69, 9.17) is 17.2 Å². The summed E-state index contributed by atoms with van der Waals surface area (Å²) >= 11 is 0. The number of nitrogens with two attached hydrogens (primary N) is 3. The minimum absolute atomic E-state index is 0.00776. The predicted octanol–water partition coefficient (Wildman–Crippen LogP) is 0.275. The van der Waals surface area contributed by atoms with Gasteiger partial charge < -0.3 is 27.8 Å². The Labute approximate surface area is 151 Å². The number of hydrogen-bond donors (Lipinski definition) is 5. The maximum atomic E-state index is 12.0. The molecule has 0 spiro atoms. The number of aliphatic imine (C=N–C) groups is 1. The molecule has 0 aliphatic carbocycles. The molecule has 0 heterocycles. The average Bonchev–Trinajstić information content (AvgIpc) is 2.62. The van der Waals surface area contributed by atoms with Crippen LogP contribution in [-0.2, 0) is 9.59 Å². The van der Waals surface area contributed by atoms with Crippen molar-refractivity contribution in [3.8, 4) is 0 Å². The Morgan fingerprint density at radius 2 is 1.81 bits per heavy atom. The third kappa shape index (κ3) is 6.06. The van der Waals surface area contributed by atoms with Gasteiger partial charge in [0.2, 0.25) is 11.8 Å². The number of carbonyl (C=O) groups is 2. The second kappa shape index (κ2) is 9.38. The van der Waals surface area contributed by atoms with Gasteiger partial charge in [0.25, 0.3) is 0 Å². The van der Waals surface area contributed by atoms with E-state index in [1.807, 2.05) is 42.5 Å². The molecule has 0 aliphatic rings. The van der Waals surface area contributed by atoms with E-state index >= 15 is 0 Å². The summed E-state index contributed by atoms with van der Waals surface area (Å²) in [5, 5.41) is 7.39. The summed E-state index contributed by atoms with van der Waals surface area (Å²) in [5.41, 5.74) is 16.9. The van der Waals surface area contributed by atoms with Crippen molar-refractivity contribution in [1.82, 2.24) is 5.32 Å². The monoisotopic (exact) mass is 356 g/mol. The van der Waals surface area contributed by atoms with Crippen LogP contribution in [-0.4, -0.2) is 36.9 Å². The van der Waals surface area contributed by atoms with Crippen molar-refractivity contribution in [3.05, 3.63) is 42.5 Å². The van der Waals surface area contributed by atoms with Gasteiger partial charge >= 0.3 is 0 Å². The summed E-state index contributed by atoms with van der Waals surface area (Å²) in [4.78, 5) is 27.7. The first-order chi connectivity index (χ1) is 12.5. The zero-order valence-corrected chi connectivity index (χ0v) is 14.4. The van der Waals surface area contributed by atoms with Crippen molar-refractivity contribution < 1.29 is 9.59 Å². The highest BCUT2D eigenvalue weighted by atomic mass is 16.2. The van der Waals surface area contributed by atoms with Crippen molar-refractivity contribution in [2.75, 3.05) is 18.4 Å². The first-order valence-corrected chi connectivity index (χ1v) is 8.33. The molecular weight excluding hydrogens is 332 g/mol. The van der Waals surface area contributed by atoms with Gasteiger partial charge in [-0.15, -0.1) is 0 Å². The molecular formula is C18H24N6O2. The molecule has 2 amide bonds. The van der Waals surface area contributed by atoms with Gasteiger partial charge in [-0.2, -0.15) is 0 Å². The number of nitrogens with zero attached hydrogens (tertiary/aromatic N) is 1. The smallest absolute Gasteiger partial charge is 0.243 e. The molecule has 0 aromatic heterocycles. The molecule has 2 aromatic rings. The van der Waals surface area contributed by atoms with Crippen LogP contribution in [0.2, 0.25) is 0 Å². The molecule has 0 saturated carbocycles. The van der Waals surface area contributed by atoms with Gasteiger partial charge in [-0.1, -0.05) is 30.3 Å². The zero-order valence-electron chi connectivity index (χ0n) is 14.4. The molecule has 0 unspecified atom stereocenters. The van der Waals surface area contributed by atoms with Crippen molar-refractivity contribution in [2.24, 2.45) is 22.2 Å². The molecule has 2 rings (SSSR count). The van der Waals surface area contributed by atoms with Crippen LogP contribution in [0.5, 0.6) is 0 Å². The quantitative estimate of drug-likeness (QED) is 0.262. The minimum atomic E-state index is -0.710. The number of rotatable bonds is 8. The second-order valence-electron chi connectivity index (χ2n) is 5.88. The van der Waals surface area contributed by atoms with E-state index in [0.29, 0.717) is 25.1 Å². The Balaban J connectivity index is 1.76. The molecule has 1 atom stereocenters. The Morgan fingerprint density at radius 3 is 2.54 bits per heavy atom. The zero-order chi connectivity index (χ0) is 18.9. The average molecular weight is 356 g/mol. The van der Waals surface area contributed by atoms with Crippen LogP contribution in [0.3, 0.4) is 0 Å². The van der Waals surface area contributed by atoms with E-state index in [-0.39, 0.29) is 24.3 Å². The number of carbonyl (C=O) groups excluding carboxylic acids is 2. The summed E-state index contributed by atoms with van der Waals surface area (Å²) in [6.45, 7) is 0.263. The number of guanidine groups is 1. The Bertz CT molecular complexity index is 801. The largest absolute Gasteiger partial charge is 0.370 e. The van der Waals surface area contributed by atoms with Gasteiger partial charge in [0.05, 0.1) is 12.6 Å². The first-order valence-electron chi connectivity index (χ1n) is 8.33. The van der Waals surface area contributed by atoms with Crippen LogP contribution in [0, 0.1) is 0 Å². The van der Waals surface area contributed by atoms with E-state index in [1.165, 1.54) is 0 Å². The molecule has 0 fully saturated rings. The van der Waals surface area contributed by atoms with Crippen LogP contribution >= 0.6 is 0 Å². The fourth-order valence-corrected chi connectivity index (χ4v) is 2.42. The highest BCUT2D eigenvalue weighted by Gasteiger charge is 2.14. The van der Waals surface area contributed by atoms with Crippen LogP contribution < -0.4 is 27.8 Å². The number of hydrogen-bond acceptors (Lipinski definition) is 4. The normalized spacial score (nSPS) is 11.6. The number of fused-ring (bicyclic) bond motifs is 1. The number of nitrogens with one attached hydrogen (secondary N) is 2. The third-order valence-corrected chi connectivity index (χ3v) is 3.76. The molecule has 2 aromatic carbocycles. The Morgan fingerprint density at radius 1 is 1.08 bits per heavy atom. The van der Waals surface area contributed by atoms with Gasteiger partial charge in [-0.25, -0.2) is 0 Å². The van der Waals surface area contributed by atoms with Crippen LogP contribution in [0.25, 0.3) is 10.8 Å². The van der Waals surface area contributed by atoms with E-state index in [9.17, 15) is 9.59 Å².